The molecule has 0 amide bonds. The number of hydrogen-bond acceptors (Lipinski definition) is 8. The van der Waals surface area contributed by atoms with Gasteiger partial charge in [-0.2, -0.15) is 0 Å². The normalized spacial score (nSPS) is 17.2. The van der Waals surface area contributed by atoms with Crippen molar-refractivity contribution in [1.29, 1.82) is 0 Å². The minimum Gasteiger partial charge on any atom is -0.378 e. The number of fused-ring (bicyclic) bond motifs is 1. The highest BCUT2D eigenvalue weighted by Gasteiger charge is 2.29. The van der Waals surface area contributed by atoms with E-state index in [2.05, 4.69) is 40.0 Å². The maximum Gasteiger partial charge on any atom is 0.159 e. The van der Waals surface area contributed by atoms with Gasteiger partial charge >= 0.3 is 0 Å². The number of aromatic nitrogens is 5. The lowest BCUT2D eigenvalue weighted by Crippen LogP contribution is -2.56. The summed E-state index contributed by atoms with van der Waals surface area (Å²) in [6.07, 6.45) is 3.19. The Kier molecular flexibility index (Phi) is 5.48. The molecule has 2 fully saturated rings. The average Bonchev–Trinajstić information content (AvgIpc) is 3.23. The molecule has 5 heterocycles. The zero-order valence-corrected chi connectivity index (χ0v) is 19.0. The number of H-pyrrole nitrogens is 1. The zero-order chi connectivity index (χ0) is 23.1. The summed E-state index contributed by atoms with van der Waals surface area (Å²) in [6, 6.07) is 8.79. The first-order valence-corrected chi connectivity index (χ1v) is 11.5. The van der Waals surface area contributed by atoms with Crippen LogP contribution in [0.4, 0.5) is 21.8 Å². The molecule has 4 aromatic rings. The summed E-state index contributed by atoms with van der Waals surface area (Å²) in [5, 5.41) is 3.52. The Morgan fingerprint density at radius 1 is 1.09 bits per heavy atom. The van der Waals surface area contributed by atoms with Crippen LogP contribution in [0.1, 0.15) is 0 Å². The van der Waals surface area contributed by atoms with Crippen LogP contribution in [0.3, 0.4) is 0 Å². The first-order valence-electron chi connectivity index (χ1n) is 11.1. The van der Waals surface area contributed by atoms with Crippen LogP contribution in [0.15, 0.2) is 42.9 Å². The molecule has 6 rings (SSSR count). The fraction of sp³-hybridized carbons (Fsp3) is 0.304. The fourth-order valence-electron chi connectivity index (χ4n) is 4.33. The highest BCUT2D eigenvalue weighted by Crippen LogP contribution is 2.32. The molecule has 0 unspecified atom stereocenters. The predicted molar refractivity (Wildman–Crippen MR) is 128 cm³/mol. The molecule has 2 N–H and O–H groups in total. The molecule has 0 radical (unpaired) electrons. The summed E-state index contributed by atoms with van der Waals surface area (Å²) < 4.78 is 19.7. The van der Waals surface area contributed by atoms with Crippen LogP contribution >= 0.6 is 11.6 Å². The Morgan fingerprint density at radius 3 is 2.71 bits per heavy atom. The molecule has 0 spiro atoms. The molecule has 2 aliphatic heterocycles. The van der Waals surface area contributed by atoms with Crippen molar-refractivity contribution in [2.45, 2.75) is 6.04 Å². The van der Waals surface area contributed by atoms with E-state index in [4.69, 9.17) is 16.3 Å². The summed E-state index contributed by atoms with van der Waals surface area (Å²) in [6.45, 7) is 5.42. The van der Waals surface area contributed by atoms with Gasteiger partial charge in [0.15, 0.2) is 5.82 Å². The molecule has 174 valence electrons. The summed E-state index contributed by atoms with van der Waals surface area (Å²) >= 11 is 6.23. The second-order valence-electron chi connectivity index (χ2n) is 8.34. The number of piperazine rings is 1. The van der Waals surface area contributed by atoms with Gasteiger partial charge < -0.3 is 19.9 Å². The smallest absolute Gasteiger partial charge is 0.159 e. The molecule has 9 nitrogen and oxygen atoms in total. The summed E-state index contributed by atoms with van der Waals surface area (Å²) in [4.78, 5) is 25.7. The molecule has 3 aromatic heterocycles. The van der Waals surface area contributed by atoms with Crippen molar-refractivity contribution in [1.82, 2.24) is 29.8 Å². The quantitative estimate of drug-likeness (QED) is 0.448. The third-order valence-electron chi connectivity index (χ3n) is 6.27. The molecular formula is C23H22ClFN8O. The largest absolute Gasteiger partial charge is 0.378 e. The van der Waals surface area contributed by atoms with Crippen LogP contribution in [0.2, 0.25) is 5.02 Å². The van der Waals surface area contributed by atoms with Gasteiger partial charge in [0.25, 0.3) is 0 Å². The molecule has 11 heteroatoms. The molecule has 0 bridgehead atoms. The van der Waals surface area contributed by atoms with Crippen LogP contribution in [0.25, 0.3) is 22.4 Å². The van der Waals surface area contributed by atoms with Crippen molar-refractivity contribution in [3.8, 4) is 11.4 Å². The number of benzene rings is 1. The lowest BCUT2D eigenvalue weighted by Gasteiger charge is -2.42. The van der Waals surface area contributed by atoms with Crippen molar-refractivity contribution < 1.29 is 9.13 Å². The van der Waals surface area contributed by atoms with Crippen molar-refractivity contribution in [3.63, 3.8) is 0 Å². The van der Waals surface area contributed by atoms with E-state index in [9.17, 15) is 4.39 Å². The van der Waals surface area contributed by atoms with Crippen molar-refractivity contribution in [2.24, 2.45) is 0 Å². The second kappa shape index (κ2) is 8.79. The lowest BCUT2D eigenvalue weighted by atomic mass is 10.2. The van der Waals surface area contributed by atoms with E-state index in [-0.39, 0.29) is 10.6 Å². The highest BCUT2D eigenvalue weighted by molar-refractivity contribution is 6.33. The first kappa shape index (κ1) is 21.2. The minimum atomic E-state index is -0.445. The van der Waals surface area contributed by atoms with Crippen molar-refractivity contribution >= 4 is 40.1 Å². The van der Waals surface area contributed by atoms with E-state index < -0.39 is 5.82 Å². The Balaban J connectivity index is 1.24. The standard InChI is InChI=1S/C23H22ClFN8O/c24-15-2-1-3-16(25)20(15)22-29-17-4-5-26-23(21(17)31-22)30-18-10-19(28-13-27-18)33-8-6-32(7-9-33)14-11-34-12-14/h1-5,10,13-14H,6-9,11-12H2,(H,29,31)(H,26,27,28,30). The van der Waals surface area contributed by atoms with E-state index in [0.29, 0.717) is 34.5 Å². The lowest BCUT2D eigenvalue weighted by molar-refractivity contribution is -0.0661. The van der Waals surface area contributed by atoms with Gasteiger partial charge in [0.2, 0.25) is 0 Å². The third-order valence-corrected chi connectivity index (χ3v) is 6.59. The third kappa shape index (κ3) is 3.93. The summed E-state index contributed by atoms with van der Waals surface area (Å²) in [5.41, 5.74) is 1.49. The van der Waals surface area contributed by atoms with Crippen LogP contribution in [-0.4, -0.2) is 75.3 Å². The molecule has 2 aliphatic rings. The Hall–Kier alpha value is -3.34. The van der Waals surface area contributed by atoms with Crippen LogP contribution in [-0.2, 0) is 4.74 Å². The van der Waals surface area contributed by atoms with E-state index in [1.165, 1.54) is 6.07 Å². The number of ether oxygens (including phenoxy) is 1. The van der Waals surface area contributed by atoms with E-state index >= 15 is 0 Å². The number of pyridine rings is 1. The molecule has 0 aliphatic carbocycles. The van der Waals surface area contributed by atoms with Gasteiger partial charge in [-0.25, -0.2) is 24.3 Å². The van der Waals surface area contributed by atoms with Crippen LogP contribution < -0.4 is 10.2 Å². The zero-order valence-electron chi connectivity index (χ0n) is 18.2. The van der Waals surface area contributed by atoms with Gasteiger partial charge in [0.05, 0.1) is 35.4 Å². The monoisotopic (exact) mass is 480 g/mol. The van der Waals surface area contributed by atoms with Gasteiger partial charge in [-0.05, 0) is 18.2 Å². The van der Waals surface area contributed by atoms with Crippen molar-refractivity contribution in [3.05, 3.63) is 53.7 Å². The van der Waals surface area contributed by atoms with Crippen LogP contribution in [0.5, 0.6) is 0 Å². The summed E-state index contributed by atoms with van der Waals surface area (Å²) in [7, 11) is 0. The molecule has 0 atom stereocenters. The van der Waals surface area contributed by atoms with Crippen LogP contribution in [0, 0.1) is 5.82 Å². The van der Waals surface area contributed by atoms with Crippen molar-refractivity contribution in [2.75, 3.05) is 49.6 Å². The van der Waals surface area contributed by atoms with E-state index in [1.807, 2.05) is 6.07 Å². The number of nitrogens with one attached hydrogen (secondary N) is 2. The number of halogens is 2. The summed E-state index contributed by atoms with van der Waals surface area (Å²) in [5.74, 6) is 1.86. The number of rotatable bonds is 5. The number of imidazole rings is 1. The molecule has 34 heavy (non-hydrogen) atoms. The van der Waals surface area contributed by atoms with Gasteiger partial charge in [-0.3, -0.25) is 4.90 Å². The fourth-order valence-corrected chi connectivity index (χ4v) is 4.58. The van der Waals surface area contributed by atoms with Gasteiger partial charge in [-0.1, -0.05) is 17.7 Å². The maximum atomic E-state index is 14.4. The number of aromatic amines is 1. The number of anilines is 3. The molecule has 2 saturated heterocycles. The first-order chi connectivity index (χ1) is 16.7. The maximum absolute atomic E-state index is 14.4. The molecule has 1 aromatic carbocycles. The molecular weight excluding hydrogens is 459 g/mol. The number of hydrogen-bond donors (Lipinski definition) is 2. The highest BCUT2D eigenvalue weighted by atomic mass is 35.5. The second-order valence-corrected chi connectivity index (χ2v) is 8.75. The SMILES string of the molecule is Fc1cccc(Cl)c1-c1nc2c(Nc3cc(N4CCN(C5COC5)CC4)ncn3)nccc2[nH]1. The average molecular weight is 481 g/mol. The predicted octanol–water partition coefficient (Wildman–Crippen LogP) is 3.47. The number of nitrogens with zero attached hydrogens (tertiary/aromatic N) is 6. The Morgan fingerprint density at radius 2 is 1.94 bits per heavy atom. The minimum absolute atomic E-state index is 0.225. The van der Waals surface area contributed by atoms with E-state index in [0.717, 1.165) is 45.2 Å². The Labute approximate surface area is 200 Å². The van der Waals surface area contributed by atoms with E-state index in [1.54, 1.807) is 30.7 Å². The van der Waals surface area contributed by atoms with Gasteiger partial charge in [0.1, 0.15) is 35.1 Å². The topological polar surface area (TPSA) is 95.1 Å². The molecule has 0 saturated carbocycles. The van der Waals surface area contributed by atoms with Gasteiger partial charge in [0, 0.05) is 38.4 Å². The Bertz CT molecular complexity index is 1320. The van der Waals surface area contributed by atoms with Gasteiger partial charge in [-0.15, -0.1) is 0 Å².